The SMILES string of the molecule is Fc1ccc2nc(NCc3cn[nH]c3)[nH]c2c1. The number of fused-ring (bicyclic) bond motifs is 1. The van der Waals surface area contributed by atoms with Gasteiger partial charge < -0.3 is 10.3 Å². The van der Waals surface area contributed by atoms with E-state index in [1.807, 2.05) is 0 Å². The highest BCUT2D eigenvalue weighted by Gasteiger charge is 2.03. The molecule has 0 aliphatic heterocycles. The lowest BCUT2D eigenvalue weighted by atomic mass is 10.3. The van der Waals surface area contributed by atoms with Crippen LogP contribution in [0.5, 0.6) is 0 Å². The van der Waals surface area contributed by atoms with Gasteiger partial charge in [-0.05, 0) is 18.2 Å². The van der Waals surface area contributed by atoms with Gasteiger partial charge in [-0.2, -0.15) is 5.10 Å². The number of nitrogens with zero attached hydrogens (tertiary/aromatic N) is 2. The van der Waals surface area contributed by atoms with E-state index in [1.165, 1.54) is 12.1 Å². The van der Waals surface area contributed by atoms with Crippen molar-refractivity contribution in [3.63, 3.8) is 0 Å². The molecule has 1 aromatic carbocycles. The Balaban J connectivity index is 1.81. The van der Waals surface area contributed by atoms with Crippen LogP contribution in [0.15, 0.2) is 30.6 Å². The fourth-order valence-electron chi connectivity index (χ4n) is 1.63. The first-order chi connectivity index (χ1) is 8.31. The molecule has 3 rings (SSSR count). The van der Waals surface area contributed by atoms with Gasteiger partial charge in [0.2, 0.25) is 5.95 Å². The second-order valence-corrected chi connectivity index (χ2v) is 3.71. The molecule has 86 valence electrons. The third-order valence-corrected chi connectivity index (χ3v) is 2.46. The van der Waals surface area contributed by atoms with Crippen LogP contribution in [0.3, 0.4) is 0 Å². The Bertz CT molecular complexity index is 628. The molecule has 0 saturated heterocycles. The van der Waals surface area contributed by atoms with Crippen LogP contribution in [0.1, 0.15) is 5.56 Å². The molecule has 3 N–H and O–H groups in total. The smallest absolute Gasteiger partial charge is 0.201 e. The van der Waals surface area contributed by atoms with Crippen molar-refractivity contribution in [3.05, 3.63) is 42.0 Å². The van der Waals surface area contributed by atoms with E-state index in [9.17, 15) is 4.39 Å². The average Bonchev–Trinajstić information content (AvgIpc) is 2.94. The van der Waals surface area contributed by atoms with Gasteiger partial charge in [0.15, 0.2) is 0 Å². The molecule has 6 heteroatoms. The second-order valence-electron chi connectivity index (χ2n) is 3.71. The Morgan fingerprint density at radius 3 is 3.12 bits per heavy atom. The molecule has 0 unspecified atom stereocenters. The highest BCUT2D eigenvalue weighted by Crippen LogP contribution is 2.15. The maximum absolute atomic E-state index is 13.0. The quantitative estimate of drug-likeness (QED) is 0.646. The number of H-pyrrole nitrogens is 2. The molecule has 0 spiro atoms. The zero-order valence-electron chi connectivity index (χ0n) is 8.87. The number of aromatic amines is 2. The lowest BCUT2D eigenvalue weighted by Gasteiger charge is -1.98. The number of benzene rings is 1. The number of rotatable bonds is 3. The highest BCUT2D eigenvalue weighted by molar-refractivity contribution is 5.77. The van der Waals surface area contributed by atoms with Gasteiger partial charge in [0.05, 0.1) is 17.2 Å². The van der Waals surface area contributed by atoms with Crippen molar-refractivity contribution in [2.45, 2.75) is 6.54 Å². The molecule has 17 heavy (non-hydrogen) atoms. The van der Waals surface area contributed by atoms with E-state index in [2.05, 4.69) is 25.5 Å². The first-order valence-corrected chi connectivity index (χ1v) is 5.18. The fraction of sp³-hybridized carbons (Fsp3) is 0.0909. The normalized spacial score (nSPS) is 10.9. The Hall–Kier alpha value is -2.37. The summed E-state index contributed by atoms with van der Waals surface area (Å²) < 4.78 is 13.0. The average molecular weight is 231 g/mol. The monoisotopic (exact) mass is 231 g/mol. The van der Waals surface area contributed by atoms with Crippen molar-refractivity contribution in [3.8, 4) is 0 Å². The molecule has 2 aromatic heterocycles. The number of hydrogen-bond donors (Lipinski definition) is 3. The molecule has 5 nitrogen and oxygen atoms in total. The van der Waals surface area contributed by atoms with E-state index < -0.39 is 0 Å². The summed E-state index contributed by atoms with van der Waals surface area (Å²) in [7, 11) is 0. The summed E-state index contributed by atoms with van der Waals surface area (Å²) in [5, 5.41) is 9.68. The molecule has 0 aliphatic carbocycles. The van der Waals surface area contributed by atoms with Gasteiger partial charge in [0.25, 0.3) is 0 Å². The minimum Gasteiger partial charge on any atom is -0.352 e. The third kappa shape index (κ3) is 1.96. The van der Waals surface area contributed by atoms with Gasteiger partial charge in [-0.1, -0.05) is 0 Å². The Labute approximate surface area is 96.1 Å². The van der Waals surface area contributed by atoms with Crippen LogP contribution in [0, 0.1) is 5.82 Å². The van der Waals surface area contributed by atoms with Crippen LogP contribution < -0.4 is 5.32 Å². The Morgan fingerprint density at radius 1 is 1.35 bits per heavy atom. The molecule has 0 saturated carbocycles. The molecule has 0 bridgehead atoms. The molecule has 0 amide bonds. The number of imidazole rings is 1. The molecule has 2 heterocycles. The largest absolute Gasteiger partial charge is 0.352 e. The number of halogens is 1. The van der Waals surface area contributed by atoms with Gasteiger partial charge in [-0.25, -0.2) is 9.37 Å². The summed E-state index contributed by atoms with van der Waals surface area (Å²) in [5.41, 5.74) is 2.44. The van der Waals surface area contributed by atoms with Crippen molar-refractivity contribution in [2.24, 2.45) is 0 Å². The summed E-state index contributed by atoms with van der Waals surface area (Å²) in [4.78, 5) is 7.30. The first kappa shape index (κ1) is 9.83. The first-order valence-electron chi connectivity index (χ1n) is 5.18. The van der Waals surface area contributed by atoms with Crippen LogP contribution in [-0.2, 0) is 6.54 Å². The van der Waals surface area contributed by atoms with Crippen LogP contribution in [0.2, 0.25) is 0 Å². The maximum Gasteiger partial charge on any atom is 0.201 e. The van der Waals surface area contributed by atoms with Crippen LogP contribution in [0.25, 0.3) is 11.0 Å². The lowest BCUT2D eigenvalue weighted by Crippen LogP contribution is -1.99. The summed E-state index contributed by atoms with van der Waals surface area (Å²) in [6.45, 7) is 0.610. The molecule has 0 radical (unpaired) electrons. The zero-order valence-corrected chi connectivity index (χ0v) is 8.87. The summed E-state index contributed by atoms with van der Waals surface area (Å²) in [6.07, 6.45) is 3.53. The molecule has 0 fully saturated rings. The van der Waals surface area contributed by atoms with Crippen molar-refractivity contribution in [1.29, 1.82) is 0 Å². The second kappa shape index (κ2) is 3.89. The summed E-state index contributed by atoms with van der Waals surface area (Å²) in [6, 6.07) is 4.46. The molecular weight excluding hydrogens is 221 g/mol. The fourth-order valence-corrected chi connectivity index (χ4v) is 1.63. The lowest BCUT2D eigenvalue weighted by molar-refractivity contribution is 0.629. The number of nitrogens with one attached hydrogen (secondary N) is 3. The van der Waals surface area contributed by atoms with Crippen molar-refractivity contribution >= 4 is 17.0 Å². The molecular formula is C11H10FN5. The number of aromatic nitrogens is 4. The van der Waals surface area contributed by atoms with Gasteiger partial charge >= 0.3 is 0 Å². The van der Waals surface area contributed by atoms with Crippen molar-refractivity contribution < 1.29 is 4.39 Å². The predicted octanol–water partition coefficient (Wildman–Crippen LogP) is 2.04. The van der Waals surface area contributed by atoms with Crippen molar-refractivity contribution in [2.75, 3.05) is 5.32 Å². The zero-order chi connectivity index (χ0) is 11.7. The maximum atomic E-state index is 13.0. The topological polar surface area (TPSA) is 69.4 Å². The molecule has 3 aromatic rings. The molecule has 0 atom stereocenters. The van der Waals surface area contributed by atoms with Gasteiger partial charge in [-0.3, -0.25) is 5.10 Å². The van der Waals surface area contributed by atoms with Crippen LogP contribution >= 0.6 is 0 Å². The number of anilines is 1. The summed E-state index contributed by atoms with van der Waals surface area (Å²) >= 11 is 0. The highest BCUT2D eigenvalue weighted by atomic mass is 19.1. The van der Waals surface area contributed by atoms with Crippen molar-refractivity contribution in [1.82, 2.24) is 20.2 Å². The van der Waals surface area contributed by atoms with Crippen LogP contribution in [-0.4, -0.2) is 20.2 Å². The minimum absolute atomic E-state index is 0.275. The van der Waals surface area contributed by atoms with Gasteiger partial charge in [0, 0.05) is 18.3 Å². The predicted molar refractivity (Wildman–Crippen MR) is 62.0 cm³/mol. The van der Waals surface area contributed by atoms with E-state index in [1.54, 1.807) is 18.5 Å². The van der Waals surface area contributed by atoms with E-state index in [4.69, 9.17) is 0 Å². The van der Waals surface area contributed by atoms with E-state index in [0.717, 1.165) is 11.1 Å². The standard InChI is InChI=1S/C11H10FN5/c12-8-1-2-9-10(3-8)17-11(16-9)13-4-7-5-14-15-6-7/h1-3,5-6H,4H2,(H,14,15)(H2,13,16,17). The van der Waals surface area contributed by atoms with E-state index in [-0.39, 0.29) is 5.82 Å². The van der Waals surface area contributed by atoms with Crippen LogP contribution in [0.4, 0.5) is 10.3 Å². The molecule has 0 aliphatic rings. The van der Waals surface area contributed by atoms with E-state index >= 15 is 0 Å². The third-order valence-electron chi connectivity index (χ3n) is 2.46. The Morgan fingerprint density at radius 2 is 2.29 bits per heavy atom. The Kier molecular flexibility index (Phi) is 2.25. The van der Waals surface area contributed by atoms with Gasteiger partial charge in [0.1, 0.15) is 5.82 Å². The number of hydrogen-bond acceptors (Lipinski definition) is 3. The van der Waals surface area contributed by atoms with E-state index in [0.29, 0.717) is 18.0 Å². The summed E-state index contributed by atoms with van der Waals surface area (Å²) in [5.74, 6) is 0.342. The minimum atomic E-state index is -0.275. The van der Waals surface area contributed by atoms with Gasteiger partial charge in [-0.15, -0.1) is 0 Å².